The number of ether oxygens (including phenoxy) is 2. The fourth-order valence-electron chi connectivity index (χ4n) is 6.20. The number of unbranched alkanes of at least 4 members (excludes halogenated alkanes) is 24. The highest BCUT2D eigenvalue weighted by Crippen LogP contribution is 2.43. The number of phosphoric acid groups is 1. The number of hydrogen-bond donors (Lipinski definition) is 3. The van der Waals surface area contributed by atoms with E-state index in [2.05, 4.69) is 24.5 Å². The maximum Gasteiger partial charge on any atom is 0.472 e. The van der Waals surface area contributed by atoms with Gasteiger partial charge in [0, 0.05) is 39.3 Å². The molecule has 3 N–H and O–H groups in total. The van der Waals surface area contributed by atoms with Crippen molar-refractivity contribution in [3.05, 3.63) is 0 Å². The second-order valence-corrected chi connectivity index (χ2v) is 16.4. The van der Waals surface area contributed by atoms with E-state index in [9.17, 15) is 28.6 Å². The van der Waals surface area contributed by atoms with Crippen LogP contribution in [0.1, 0.15) is 206 Å². The number of nitrogens with one attached hydrogen (secondary N) is 2. The van der Waals surface area contributed by atoms with Crippen molar-refractivity contribution in [2.75, 3.05) is 33.4 Å². The molecule has 55 heavy (non-hydrogen) atoms. The molecule has 0 aromatic rings. The normalized spacial score (nSPS) is 12.9. The summed E-state index contributed by atoms with van der Waals surface area (Å²) in [5, 5.41) is 4.92. The lowest BCUT2D eigenvalue weighted by molar-refractivity contribution is -0.161. The van der Waals surface area contributed by atoms with Gasteiger partial charge in [-0.1, -0.05) is 168 Å². The van der Waals surface area contributed by atoms with Gasteiger partial charge in [0.1, 0.15) is 6.61 Å². The third-order valence-electron chi connectivity index (χ3n) is 9.66. The smallest absolute Gasteiger partial charge is 0.462 e. The Kier molecular flexibility index (Phi) is 37.4. The predicted molar refractivity (Wildman–Crippen MR) is 220 cm³/mol. The van der Waals surface area contributed by atoms with Gasteiger partial charge in [0.15, 0.2) is 6.10 Å². The fourth-order valence-corrected chi connectivity index (χ4v) is 6.95. The molecule has 0 saturated heterocycles. The number of hydrogen-bond acceptors (Lipinski definition) is 9. The third kappa shape index (κ3) is 38.6. The minimum atomic E-state index is -4.58. The molecule has 13 heteroatoms. The Balaban J connectivity index is 4.52. The van der Waals surface area contributed by atoms with Crippen LogP contribution in [0, 0.1) is 0 Å². The van der Waals surface area contributed by atoms with Gasteiger partial charge in [0.05, 0.1) is 13.2 Å². The second-order valence-electron chi connectivity index (χ2n) is 14.9. The van der Waals surface area contributed by atoms with E-state index in [4.69, 9.17) is 18.5 Å². The van der Waals surface area contributed by atoms with Crippen molar-refractivity contribution in [2.45, 2.75) is 213 Å². The van der Waals surface area contributed by atoms with E-state index in [0.29, 0.717) is 12.8 Å². The van der Waals surface area contributed by atoms with E-state index in [1.165, 1.54) is 123 Å². The van der Waals surface area contributed by atoms with Gasteiger partial charge in [-0.25, -0.2) is 4.57 Å². The molecule has 0 aliphatic carbocycles. The quantitative estimate of drug-likeness (QED) is 0.0307. The Labute approximate surface area is 334 Å². The van der Waals surface area contributed by atoms with Gasteiger partial charge in [-0.15, -0.1) is 0 Å². The van der Waals surface area contributed by atoms with Crippen molar-refractivity contribution in [1.82, 2.24) is 10.6 Å². The average Bonchev–Trinajstić information content (AvgIpc) is 3.17. The highest BCUT2D eigenvalue weighted by molar-refractivity contribution is 7.47. The summed E-state index contributed by atoms with van der Waals surface area (Å²) in [7, 11) is -3.10. The monoisotopic (exact) mass is 805 g/mol. The zero-order valence-corrected chi connectivity index (χ0v) is 36.1. The van der Waals surface area contributed by atoms with Crippen LogP contribution < -0.4 is 10.6 Å². The first-order valence-corrected chi connectivity index (χ1v) is 23.6. The van der Waals surface area contributed by atoms with E-state index >= 15 is 0 Å². The summed E-state index contributed by atoms with van der Waals surface area (Å²) < 4.78 is 33.4. The largest absolute Gasteiger partial charge is 0.472 e. The first kappa shape index (κ1) is 53.0. The average molecular weight is 805 g/mol. The molecule has 0 bridgehead atoms. The van der Waals surface area contributed by atoms with Crippen LogP contribution in [0.5, 0.6) is 0 Å². The van der Waals surface area contributed by atoms with E-state index < -0.39 is 38.4 Å². The van der Waals surface area contributed by atoms with Crippen LogP contribution in [0.15, 0.2) is 0 Å². The van der Waals surface area contributed by atoms with Crippen LogP contribution in [0.25, 0.3) is 0 Å². The molecule has 0 radical (unpaired) electrons. The number of esters is 2. The standard InChI is InChI=1S/C42H81N2O10P/c1-4-6-8-10-12-14-16-18-20-22-24-26-28-30-41(47)51-36-38(37-53-55(49,50)52-35-34-44-40(46)33-32-39(45)43-3)54-42(48)31-29-27-25-23-21-19-17-15-13-11-9-7-5-2/h38H,4-37H2,1-3H3,(H,43,45)(H,44,46)(H,49,50)/t38-/m1/s1. The fraction of sp³-hybridized carbons (Fsp3) is 0.905. The summed E-state index contributed by atoms with van der Waals surface area (Å²) in [5.74, 6) is -1.59. The number of carbonyl (C=O) groups excluding carboxylic acids is 4. The van der Waals surface area contributed by atoms with Crippen LogP contribution >= 0.6 is 7.82 Å². The van der Waals surface area contributed by atoms with E-state index in [1.807, 2.05) is 0 Å². The topological polar surface area (TPSA) is 167 Å². The molecule has 12 nitrogen and oxygen atoms in total. The van der Waals surface area contributed by atoms with Crippen molar-refractivity contribution in [1.29, 1.82) is 0 Å². The molecule has 2 atom stereocenters. The zero-order chi connectivity index (χ0) is 40.7. The molecular weight excluding hydrogens is 723 g/mol. The molecule has 0 aromatic heterocycles. The Morgan fingerprint density at radius 2 is 0.927 bits per heavy atom. The summed E-state index contributed by atoms with van der Waals surface area (Å²) in [6.45, 7) is 3.27. The Bertz CT molecular complexity index is 999. The molecule has 324 valence electrons. The van der Waals surface area contributed by atoms with Gasteiger partial charge in [0.25, 0.3) is 0 Å². The van der Waals surface area contributed by atoms with E-state index in [1.54, 1.807) is 0 Å². The van der Waals surface area contributed by atoms with E-state index in [-0.39, 0.29) is 51.3 Å². The Morgan fingerprint density at radius 1 is 0.527 bits per heavy atom. The van der Waals surface area contributed by atoms with Gasteiger partial charge in [0.2, 0.25) is 11.8 Å². The van der Waals surface area contributed by atoms with Gasteiger partial charge in [-0.3, -0.25) is 28.2 Å². The lowest BCUT2D eigenvalue weighted by Gasteiger charge is -2.20. The molecule has 0 rings (SSSR count). The maximum absolute atomic E-state index is 12.7. The lowest BCUT2D eigenvalue weighted by Crippen LogP contribution is -2.30. The molecule has 0 aliphatic heterocycles. The lowest BCUT2D eigenvalue weighted by atomic mass is 10.0. The van der Waals surface area contributed by atoms with Crippen molar-refractivity contribution < 1.29 is 47.2 Å². The molecule has 0 fully saturated rings. The first-order chi connectivity index (χ1) is 26.6. The first-order valence-electron chi connectivity index (χ1n) is 22.1. The summed E-state index contributed by atoms with van der Waals surface area (Å²) in [6.07, 6.45) is 30.4. The Hall–Kier alpha value is -2.01. The van der Waals surface area contributed by atoms with Crippen LogP contribution in [0.3, 0.4) is 0 Å². The predicted octanol–water partition coefficient (Wildman–Crippen LogP) is 10.2. The number of phosphoric ester groups is 1. The molecular formula is C42H81N2O10P. The van der Waals surface area contributed by atoms with Crippen LogP contribution in [-0.4, -0.2) is 68.2 Å². The SMILES string of the molecule is CCCCCCCCCCCCCCCC(=O)OC[C@H](COP(=O)(O)OCCNC(=O)CCC(=O)NC)OC(=O)CCCCCCCCCCCCCCC. The van der Waals surface area contributed by atoms with Crippen LogP contribution in [-0.2, 0) is 42.3 Å². The minimum absolute atomic E-state index is 0.0221. The summed E-state index contributed by atoms with van der Waals surface area (Å²) in [6, 6.07) is 0. The van der Waals surface area contributed by atoms with Gasteiger partial charge in [-0.05, 0) is 12.8 Å². The molecule has 0 aliphatic rings. The number of rotatable bonds is 41. The summed E-state index contributed by atoms with van der Waals surface area (Å²) >= 11 is 0. The molecule has 0 aromatic carbocycles. The highest BCUT2D eigenvalue weighted by Gasteiger charge is 2.26. The molecule has 0 saturated carbocycles. The van der Waals surface area contributed by atoms with E-state index in [0.717, 1.165) is 38.5 Å². The van der Waals surface area contributed by atoms with Crippen molar-refractivity contribution in [3.63, 3.8) is 0 Å². The Morgan fingerprint density at radius 3 is 1.36 bits per heavy atom. The third-order valence-corrected chi connectivity index (χ3v) is 10.6. The second kappa shape index (κ2) is 38.8. The van der Waals surface area contributed by atoms with Crippen molar-refractivity contribution in [2.24, 2.45) is 0 Å². The van der Waals surface area contributed by atoms with Gasteiger partial charge < -0.3 is 25.0 Å². The zero-order valence-electron chi connectivity index (χ0n) is 35.2. The minimum Gasteiger partial charge on any atom is -0.462 e. The van der Waals surface area contributed by atoms with Crippen molar-refractivity contribution in [3.8, 4) is 0 Å². The summed E-state index contributed by atoms with van der Waals surface area (Å²) in [4.78, 5) is 58.4. The van der Waals surface area contributed by atoms with Gasteiger partial charge in [-0.2, -0.15) is 0 Å². The molecule has 2 amide bonds. The molecule has 1 unspecified atom stereocenters. The molecule has 0 spiro atoms. The number of amides is 2. The highest BCUT2D eigenvalue weighted by atomic mass is 31.2. The summed E-state index contributed by atoms with van der Waals surface area (Å²) in [5.41, 5.74) is 0. The van der Waals surface area contributed by atoms with Crippen LogP contribution in [0.2, 0.25) is 0 Å². The maximum atomic E-state index is 12.7. The number of carbonyl (C=O) groups is 4. The molecule has 0 heterocycles. The van der Waals surface area contributed by atoms with Crippen molar-refractivity contribution >= 4 is 31.6 Å². The van der Waals surface area contributed by atoms with Crippen LogP contribution in [0.4, 0.5) is 0 Å². The van der Waals surface area contributed by atoms with Gasteiger partial charge >= 0.3 is 19.8 Å².